The summed E-state index contributed by atoms with van der Waals surface area (Å²) in [6.45, 7) is 3.21. The molecule has 0 aromatic carbocycles. The van der Waals surface area contributed by atoms with E-state index in [1.54, 1.807) is 19.4 Å². The van der Waals surface area contributed by atoms with Crippen molar-refractivity contribution >= 4 is 21.8 Å². The Morgan fingerprint density at radius 2 is 2.30 bits per heavy atom. The molecule has 2 rings (SSSR count). The molecule has 1 aliphatic rings. The Balaban J connectivity index is 1.99. The molecule has 0 spiro atoms. The van der Waals surface area contributed by atoms with Crippen LogP contribution in [0.3, 0.4) is 0 Å². The van der Waals surface area contributed by atoms with E-state index < -0.39 is 0 Å². The van der Waals surface area contributed by atoms with E-state index in [9.17, 15) is 4.79 Å². The molecule has 1 amide bonds. The third-order valence-corrected chi connectivity index (χ3v) is 4.35. The zero-order valence-corrected chi connectivity index (χ0v) is 13.2. The number of hydrogen-bond acceptors (Lipinski definition) is 4. The largest absolute Gasteiger partial charge is 0.384 e. The van der Waals surface area contributed by atoms with Gasteiger partial charge in [0.25, 0.3) is 5.91 Å². The van der Waals surface area contributed by atoms with E-state index in [1.807, 2.05) is 6.07 Å². The normalized spacial score (nSPS) is 17.7. The third-order valence-electron chi connectivity index (χ3n) is 3.71. The van der Waals surface area contributed by atoms with Crippen molar-refractivity contribution in [1.29, 1.82) is 0 Å². The van der Waals surface area contributed by atoms with Gasteiger partial charge in [-0.3, -0.25) is 4.79 Å². The molecule has 0 unspecified atom stereocenters. The number of pyridine rings is 1. The van der Waals surface area contributed by atoms with Crippen LogP contribution in [0.2, 0.25) is 0 Å². The van der Waals surface area contributed by atoms with Gasteiger partial charge in [0.2, 0.25) is 0 Å². The monoisotopic (exact) mass is 341 g/mol. The average molecular weight is 342 g/mol. The Bertz CT molecular complexity index is 456. The second-order valence-corrected chi connectivity index (χ2v) is 6.05. The first-order valence-corrected chi connectivity index (χ1v) is 7.55. The molecule has 2 N–H and O–H groups in total. The van der Waals surface area contributed by atoms with Gasteiger partial charge in [-0.2, -0.15) is 0 Å². The Kier molecular flexibility index (Phi) is 5.51. The van der Waals surface area contributed by atoms with Gasteiger partial charge in [-0.25, -0.2) is 4.98 Å². The molecule has 5 nitrogen and oxygen atoms in total. The van der Waals surface area contributed by atoms with Crippen LogP contribution in [0.15, 0.2) is 22.8 Å². The van der Waals surface area contributed by atoms with Crippen LogP contribution in [0.4, 0.5) is 0 Å². The number of rotatable bonds is 5. The lowest BCUT2D eigenvalue weighted by molar-refractivity contribution is 0.0510. The van der Waals surface area contributed by atoms with E-state index >= 15 is 0 Å². The van der Waals surface area contributed by atoms with Gasteiger partial charge >= 0.3 is 0 Å². The van der Waals surface area contributed by atoms with Crippen LogP contribution in [-0.4, -0.2) is 44.2 Å². The minimum absolute atomic E-state index is 0.0247. The summed E-state index contributed by atoms with van der Waals surface area (Å²) in [6.07, 6.45) is 3.63. The Labute approximate surface area is 127 Å². The van der Waals surface area contributed by atoms with Crippen molar-refractivity contribution in [3.8, 4) is 0 Å². The highest BCUT2D eigenvalue weighted by Gasteiger charge is 2.32. The van der Waals surface area contributed by atoms with E-state index in [-0.39, 0.29) is 11.3 Å². The maximum atomic E-state index is 12.2. The maximum absolute atomic E-state index is 12.2. The lowest BCUT2D eigenvalue weighted by Crippen LogP contribution is -2.47. The molecule has 110 valence electrons. The van der Waals surface area contributed by atoms with Crippen molar-refractivity contribution in [2.45, 2.75) is 12.8 Å². The van der Waals surface area contributed by atoms with Crippen molar-refractivity contribution in [1.82, 2.24) is 15.6 Å². The number of piperidine rings is 1. The van der Waals surface area contributed by atoms with Gasteiger partial charge in [0, 0.05) is 29.7 Å². The van der Waals surface area contributed by atoms with E-state index in [1.165, 1.54) is 0 Å². The molecule has 0 saturated carbocycles. The Hall–Kier alpha value is -0.980. The number of carbonyl (C=O) groups is 1. The molecule has 0 aliphatic carbocycles. The SMILES string of the molecule is COCC1(CNC(=O)c2ncccc2Br)CCNCC1. The van der Waals surface area contributed by atoms with Crippen molar-refractivity contribution in [2.24, 2.45) is 5.41 Å². The van der Waals surface area contributed by atoms with Crippen LogP contribution < -0.4 is 10.6 Å². The predicted octanol–water partition coefficient (Wildman–Crippen LogP) is 1.59. The van der Waals surface area contributed by atoms with Crippen LogP contribution in [0.1, 0.15) is 23.3 Å². The topological polar surface area (TPSA) is 63.2 Å². The molecule has 2 heterocycles. The summed E-state index contributed by atoms with van der Waals surface area (Å²) in [5.41, 5.74) is 0.450. The molecule has 1 saturated heterocycles. The van der Waals surface area contributed by atoms with E-state index in [0.717, 1.165) is 25.9 Å². The molecule has 1 fully saturated rings. The first-order chi connectivity index (χ1) is 9.67. The average Bonchev–Trinajstić information content (AvgIpc) is 2.47. The molecule has 6 heteroatoms. The van der Waals surface area contributed by atoms with Gasteiger partial charge < -0.3 is 15.4 Å². The van der Waals surface area contributed by atoms with Crippen LogP contribution >= 0.6 is 15.9 Å². The highest BCUT2D eigenvalue weighted by Crippen LogP contribution is 2.28. The zero-order valence-electron chi connectivity index (χ0n) is 11.6. The van der Waals surface area contributed by atoms with Gasteiger partial charge in [0.15, 0.2) is 0 Å². The number of ether oxygens (including phenoxy) is 1. The molecule has 0 bridgehead atoms. The molecule has 1 aromatic heterocycles. The number of amides is 1. The van der Waals surface area contributed by atoms with Crippen LogP contribution in [0.25, 0.3) is 0 Å². The lowest BCUT2D eigenvalue weighted by Gasteiger charge is -2.37. The second-order valence-electron chi connectivity index (χ2n) is 5.20. The fourth-order valence-corrected chi connectivity index (χ4v) is 2.97. The third kappa shape index (κ3) is 3.77. The summed E-state index contributed by atoms with van der Waals surface area (Å²) < 4.78 is 6.05. The number of nitrogens with one attached hydrogen (secondary N) is 2. The van der Waals surface area contributed by atoms with Crippen molar-refractivity contribution in [3.05, 3.63) is 28.5 Å². The second kappa shape index (κ2) is 7.15. The van der Waals surface area contributed by atoms with Gasteiger partial charge in [-0.1, -0.05) is 0 Å². The van der Waals surface area contributed by atoms with Crippen molar-refractivity contribution < 1.29 is 9.53 Å². The first kappa shape index (κ1) is 15.4. The van der Waals surface area contributed by atoms with Gasteiger partial charge in [0.05, 0.1) is 6.61 Å². The van der Waals surface area contributed by atoms with E-state index in [0.29, 0.717) is 23.3 Å². The summed E-state index contributed by atoms with van der Waals surface area (Å²) in [5, 5.41) is 6.33. The quantitative estimate of drug-likeness (QED) is 0.853. The minimum atomic E-state index is -0.147. The number of carbonyl (C=O) groups excluding carboxylic acids is 1. The zero-order chi connectivity index (χ0) is 14.4. The minimum Gasteiger partial charge on any atom is -0.384 e. The summed E-state index contributed by atoms with van der Waals surface area (Å²) in [4.78, 5) is 16.3. The summed E-state index contributed by atoms with van der Waals surface area (Å²) >= 11 is 3.35. The fourth-order valence-electron chi connectivity index (χ4n) is 2.54. The molecule has 1 aliphatic heterocycles. The number of hydrogen-bond donors (Lipinski definition) is 2. The Morgan fingerprint density at radius 1 is 1.55 bits per heavy atom. The molecule has 1 aromatic rings. The maximum Gasteiger partial charge on any atom is 0.271 e. The molecule has 0 atom stereocenters. The number of methoxy groups -OCH3 is 1. The molecular formula is C14H20BrN3O2. The van der Waals surface area contributed by atoms with Gasteiger partial charge in [-0.05, 0) is 54.0 Å². The highest BCUT2D eigenvalue weighted by molar-refractivity contribution is 9.10. The molecule has 20 heavy (non-hydrogen) atoms. The van der Waals surface area contributed by atoms with Crippen molar-refractivity contribution in [3.63, 3.8) is 0 Å². The first-order valence-electron chi connectivity index (χ1n) is 6.75. The Morgan fingerprint density at radius 3 is 2.95 bits per heavy atom. The standard InChI is InChI=1S/C14H20BrN3O2/c1-20-10-14(4-7-16-8-5-14)9-18-13(19)12-11(15)3-2-6-17-12/h2-3,6,16H,4-5,7-10H2,1H3,(H,18,19). The smallest absolute Gasteiger partial charge is 0.271 e. The van der Waals surface area contributed by atoms with Crippen LogP contribution in [-0.2, 0) is 4.74 Å². The molecule has 0 radical (unpaired) electrons. The number of aromatic nitrogens is 1. The fraction of sp³-hybridized carbons (Fsp3) is 0.571. The van der Waals surface area contributed by atoms with E-state index in [2.05, 4.69) is 31.5 Å². The number of nitrogens with zero attached hydrogens (tertiary/aromatic N) is 1. The lowest BCUT2D eigenvalue weighted by atomic mass is 9.79. The van der Waals surface area contributed by atoms with Gasteiger partial charge in [0.1, 0.15) is 5.69 Å². The summed E-state index contributed by atoms with van der Waals surface area (Å²) in [5.74, 6) is -0.147. The number of halogens is 1. The van der Waals surface area contributed by atoms with E-state index in [4.69, 9.17) is 4.74 Å². The summed E-state index contributed by atoms with van der Waals surface area (Å²) in [6, 6.07) is 3.61. The summed E-state index contributed by atoms with van der Waals surface area (Å²) in [7, 11) is 1.71. The van der Waals surface area contributed by atoms with Gasteiger partial charge in [-0.15, -0.1) is 0 Å². The molecular weight excluding hydrogens is 322 g/mol. The van der Waals surface area contributed by atoms with Crippen molar-refractivity contribution in [2.75, 3.05) is 33.4 Å². The highest BCUT2D eigenvalue weighted by atomic mass is 79.9. The predicted molar refractivity (Wildman–Crippen MR) is 80.7 cm³/mol. The van der Waals surface area contributed by atoms with Crippen LogP contribution in [0, 0.1) is 5.41 Å². The van der Waals surface area contributed by atoms with Crippen LogP contribution in [0.5, 0.6) is 0 Å².